The van der Waals surface area contributed by atoms with Crippen molar-refractivity contribution >= 4 is 11.9 Å². The Morgan fingerprint density at radius 3 is 2.50 bits per heavy atom. The fourth-order valence-corrected chi connectivity index (χ4v) is 2.09. The number of Topliss-reactive ketones (excluding diaryl/α,β-unsaturated/α-hetero) is 1. The Labute approximate surface area is 117 Å². The quantitative estimate of drug-likeness (QED) is 0.828. The van der Waals surface area contributed by atoms with Crippen molar-refractivity contribution in [1.29, 1.82) is 0 Å². The van der Waals surface area contributed by atoms with Crippen LogP contribution in [0.2, 0.25) is 0 Å². The Morgan fingerprint density at radius 2 is 1.90 bits per heavy atom. The maximum Gasteiger partial charge on any atom is 0.408 e. The molecule has 1 amide bonds. The third kappa shape index (κ3) is 3.55. The zero-order valence-corrected chi connectivity index (χ0v) is 11.4. The van der Waals surface area contributed by atoms with E-state index in [0.29, 0.717) is 31.9 Å². The van der Waals surface area contributed by atoms with Gasteiger partial charge >= 0.3 is 6.09 Å². The molecular formula is C14H18N2O4. The number of hydrogen-bond donors (Lipinski definition) is 1. The third-order valence-electron chi connectivity index (χ3n) is 3.16. The molecule has 1 aromatic rings. The Bertz CT molecular complexity index is 458. The highest BCUT2D eigenvalue weighted by Crippen LogP contribution is 2.10. The number of nitrogens with one attached hydrogen (secondary N) is 1. The number of carbonyl (C=O) groups excluding carboxylic acids is 2. The van der Waals surface area contributed by atoms with Gasteiger partial charge in [0.25, 0.3) is 0 Å². The number of ether oxygens (including phenoxy) is 2. The topological polar surface area (TPSA) is 67.9 Å². The average Bonchev–Trinajstić information content (AvgIpc) is 2.53. The number of alkyl carbamates (subject to hydrolysis) is 1. The SMILES string of the molecule is COC(=O)NC(C(=O)c1ccccc1)N1CCOCC1. The molecule has 0 saturated carbocycles. The van der Waals surface area contributed by atoms with Crippen molar-refractivity contribution in [2.24, 2.45) is 0 Å². The number of benzene rings is 1. The van der Waals surface area contributed by atoms with Gasteiger partial charge in [0, 0.05) is 18.7 Å². The summed E-state index contributed by atoms with van der Waals surface area (Å²) in [5.41, 5.74) is 0.556. The second kappa shape index (κ2) is 7.02. The lowest BCUT2D eigenvalue weighted by Crippen LogP contribution is -2.56. The lowest BCUT2D eigenvalue weighted by molar-refractivity contribution is 0.0110. The van der Waals surface area contributed by atoms with Crippen LogP contribution in [0.5, 0.6) is 0 Å². The first-order chi connectivity index (χ1) is 9.72. The van der Waals surface area contributed by atoms with Gasteiger partial charge in [-0.05, 0) is 0 Å². The van der Waals surface area contributed by atoms with E-state index >= 15 is 0 Å². The standard InChI is InChI=1S/C14H18N2O4/c1-19-14(18)15-13(16-7-9-20-10-8-16)12(17)11-5-3-2-4-6-11/h2-6,13H,7-10H2,1H3,(H,15,18). The van der Waals surface area contributed by atoms with Crippen molar-refractivity contribution in [2.45, 2.75) is 6.17 Å². The van der Waals surface area contributed by atoms with Crippen LogP contribution in [0.15, 0.2) is 30.3 Å². The zero-order chi connectivity index (χ0) is 14.4. The van der Waals surface area contributed by atoms with Crippen molar-refractivity contribution in [3.63, 3.8) is 0 Å². The number of nitrogens with zero attached hydrogens (tertiary/aromatic N) is 1. The van der Waals surface area contributed by atoms with Gasteiger partial charge in [0.05, 0.1) is 20.3 Å². The third-order valence-corrected chi connectivity index (χ3v) is 3.16. The minimum Gasteiger partial charge on any atom is -0.453 e. The Morgan fingerprint density at radius 1 is 1.25 bits per heavy atom. The molecule has 0 aliphatic carbocycles. The van der Waals surface area contributed by atoms with Crippen molar-refractivity contribution in [1.82, 2.24) is 10.2 Å². The molecule has 2 rings (SSSR count). The van der Waals surface area contributed by atoms with Crippen LogP contribution in [0.3, 0.4) is 0 Å². The van der Waals surface area contributed by atoms with Crippen LogP contribution in [0, 0.1) is 0 Å². The summed E-state index contributed by atoms with van der Waals surface area (Å²) in [5.74, 6) is -0.155. The Balaban J connectivity index is 2.16. The summed E-state index contributed by atoms with van der Waals surface area (Å²) in [6.07, 6.45) is -1.35. The van der Waals surface area contributed by atoms with Crippen molar-refractivity contribution < 1.29 is 19.1 Å². The highest BCUT2D eigenvalue weighted by molar-refractivity contribution is 6.01. The number of methoxy groups -OCH3 is 1. The predicted molar refractivity (Wildman–Crippen MR) is 72.5 cm³/mol. The van der Waals surface area contributed by atoms with Crippen LogP contribution in [-0.2, 0) is 9.47 Å². The first-order valence-electron chi connectivity index (χ1n) is 6.48. The van der Waals surface area contributed by atoms with E-state index in [1.165, 1.54) is 7.11 Å². The second-order valence-electron chi connectivity index (χ2n) is 4.42. The Hall–Kier alpha value is -1.92. The summed E-state index contributed by atoms with van der Waals surface area (Å²) in [5, 5.41) is 2.59. The van der Waals surface area contributed by atoms with Crippen LogP contribution >= 0.6 is 0 Å². The van der Waals surface area contributed by atoms with Crippen molar-refractivity contribution in [2.75, 3.05) is 33.4 Å². The normalized spacial score (nSPS) is 17.2. The molecule has 1 atom stereocenters. The van der Waals surface area contributed by atoms with Gasteiger partial charge in [-0.25, -0.2) is 4.79 Å². The van der Waals surface area contributed by atoms with Gasteiger partial charge < -0.3 is 9.47 Å². The summed E-state index contributed by atoms with van der Waals surface area (Å²) in [6, 6.07) is 8.89. The maximum absolute atomic E-state index is 12.5. The van der Waals surface area contributed by atoms with Crippen molar-refractivity contribution in [3.8, 4) is 0 Å². The molecule has 1 aliphatic rings. The van der Waals surface area contributed by atoms with E-state index < -0.39 is 12.3 Å². The van der Waals surface area contributed by atoms with Crippen LogP contribution in [0.25, 0.3) is 0 Å². The zero-order valence-electron chi connectivity index (χ0n) is 11.4. The molecule has 1 N–H and O–H groups in total. The molecule has 1 unspecified atom stereocenters. The number of amides is 1. The highest BCUT2D eigenvalue weighted by Gasteiger charge is 2.29. The molecule has 108 valence electrons. The minimum atomic E-state index is -0.728. The van der Waals surface area contributed by atoms with Gasteiger partial charge in [0.1, 0.15) is 6.17 Å². The van der Waals surface area contributed by atoms with Crippen LogP contribution in [0.4, 0.5) is 4.79 Å². The van der Waals surface area contributed by atoms with E-state index in [9.17, 15) is 9.59 Å². The van der Waals surface area contributed by atoms with E-state index in [-0.39, 0.29) is 5.78 Å². The van der Waals surface area contributed by atoms with E-state index in [0.717, 1.165) is 0 Å². The minimum absolute atomic E-state index is 0.155. The van der Waals surface area contributed by atoms with Crippen LogP contribution in [-0.4, -0.2) is 56.4 Å². The first kappa shape index (κ1) is 14.5. The smallest absolute Gasteiger partial charge is 0.408 e. The highest BCUT2D eigenvalue weighted by atomic mass is 16.5. The summed E-state index contributed by atoms with van der Waals surface area (Å²) in [4.78, 5) is 25.9. The molecule has 0 aromatic heterocycles. The monoisotopic (exact) mass is 278 g/mol. The summed E-state index contributed by atoms with van der Waals surface area (Å²) >= 11 is 0. The van der Waals surface area contributed by atoms with Crippen LogP contribution in [0.1, 0.15) is 10.4 Å². The fraction of sp³-hybridized carbons (Fsp3) is 0.429. The molecule has 1 heterocycles. The molecule has 6 nitrogen and oxygen atoms in total. The van der Waals surface area contributed by atoms with Gasteiger partial charge in [-0.3, -0.25) is 15.0 Å². The predicted octanol–water partition coefficient (Wildman–Crippen LogP) is 0.884. The van der Waals surface area contributed by atoms with E-state index in [2.05, 4.69) is 10.1 Å². The molecule has 1 saturated heterocycles. The molecule has 0 radical (unpaired) electrons. The van der Waals surface area contributed by atoms with Gasteiger partial charge in [-0.1, -0.05) is 30.3 Å². The lowest BCUT2D eigenvalue weighted by atomic mass is 10.1. The largest absolute Gasteiger partial charge is 0.453 e. The van der Waals surface area contributed by atoms with E-state index in [1.54, 1.807) is 24.3 Å². The fourth-order valence-electron chi connectivity index (χ4n) is 2.09. The molecule has 6 heteroatoms. The molecule has 1 aliphatic heterocycles. The summed E-state index contributed by atoms with van der Waals surface area (Å²) in [6.45, 7) is 2.27. The molecule has 1 aromatic carbocycles. The number of rotatable bonds is 4. The Kier molecular flexibility index (Phi) is 5.09. The summed E-state index contributed by atoms with van der Waals surface area (Å²) < 4.78 is 9.87. The van der Waals surface area contributed by atoms with Gasteiger partial charge in [0.15, 0.2) is 5.78 Å². The van der Waals surface area contributed by atoms with Gasteiger partial charge in [-0.15, -0.1) is 0 Å². The maximum atomic E-state index is 12.5. The van der Waals surface area contributed by atoms with Crippen LogP contribution < -0.4 is 5.32 Å². The number of ketones is 1. The first-order valence-corrected chi connectivity index (χ1v) is 6.48. The van der Waals surface area contributed by atoms with Gasteiger partial charge in [0.2, 0.25) is 0 Å². The lowest BCUT2D eigenvalue weighted by Gasteiger charge is -2.33. The van der Waals surface area contributed by atoms with E-state index in [4.69, 9.17) is 4.74 Å². The molecular weight excluding hydrogens is 260 g/mol. The van der Waals surface area contributed by atoms with Crippen molar-refractivity contribution in [3.05, 3.63) is 35.9 Å². The molecule has 1 fully saturated rings. The molecule has 20 heavy (non-hydrogen) atoms. The summed E-state index contributed by atoms with van der Waals surface area (Å²) in [7, 11) is 1.28. The van der Waals surface area contributed by atoms with Gasteiger partial charge in [-0.2, -0.15) is 0 Å². The molecule has 0 spiro atoms. The number of hydrogen-bond acceptors (Lipinski definition) is 5. The number of morpholine rings is 1. The number of carbonyl (C=O) groups is 2. The van der Waals surface area contributed by atoms with E-state index in [1.807, 2.05) is 11.0 Å². The molecule has 0 bridgehead atoms. The second-order valence-corrected chi connectivity index (χ2v) is 4.42. The average molecular weight is 278 g/mol.